The molecule has 0 aromatic heterocycles. The monoisotopic (exact) mass is 216 g/mol. The van der Waals surface area contributed by atoms with Gasteiger partial charge in [-0.25, -0.2) is 0 Å². The first kappa shape index (κ1) is 10.3. The minimum atomic E-state index is -0.0388. The highest BCUT2D eigenvalue weighted by Crippen LogP contribution is 2.36. The molecule has 2 N–H and O–H groups in total. The molecular weight excluding hydrogens is 200 g/mol. The van der Waals surface area contributed by atoms with E-state index in [0.717, 1.165) is 31.8 Å². The van der Waals surface area contributed by atoms with Crippen LogP contribution in [0.4, 0.5) is 0 Å². The largest absolute Gasteiger partial charge is 0.396 e. The predicted molar refractivity (Wildman–Crippen MR) is 56.1 cm³/mol. The van der Waals surface area contributed by atoms with Gasteiger partial charge in [0, 0.05) is 31.8 Å². The van der Waals surface area contributed by atoms with Crippen LogP contribution in [0.5, 0.6) is 0 Å². The second-order valence-corrected chi connectivity index (χ2v) is 5.29. The molecule has 1 atom stereocenters. The van der Waals surface area contributed by atoms with E-state index in [9.17, 15) is 4.79 Å². The van der Waals surface area contributed by atoms with Crippen LogP contribution in [0.25, 0.3) is 0 Å². The molecule has 0 aliphatic carbocycles. The second kappa shape index (κ2) is 4.08. The third-order valence-electron chi connectivity index (χ3n) is 2.84. The Labute approximate surface area is 88.0 Å². The van der Waals surface area contributed by atoms with Crippen molar-refractivity contribution in [3.8, 4) is 0 Å². The van der Waals surface area contributed by atoms with Crippen molar-refractivity contribution in [3.63, 3.8) is 0 Å². The lowest BCUT2D eigenvalue weighted by Gasteiger charge is -2.23. The number of nitrogens with one attached hydrogen (secondary N) is 1. The van der Waals surface area contributed by atoms with Gasteiger partial charge in [-0.2, -0.15) is 0 Å². The smallest absolute Gasteiger partial charge is 0.224 e. The topological polar surface area (TPSA) is 52.6 Å². The van der Waals surface area contributed by atoms with E-state index in [1.54, 1.807) is 0 Å². The van der Waals surface area contributed by atoms with E-state index in [1.165, 1.54) is 0 Å². The molecule has 14 heavy (non-hydrogen) atoms. The molecule has 2 fully saturated rings. The molecule has 80 valence electrons. The quantitative estimate of drug-likeness (QED) is 0.661. The van der Waals surface area contributed by atoms with E-state index in [4.69, 9.17) is 5.11 Å². The molecule has 2 saturated heterocycles. The minimum absolute atomic E-state index is 0.0388. The van der Waals surface area contributed by atoms with Crippen molar-refractivity contribution in [1.82, 2.24) is 10.2 Å². The molecule has 2 aliphatic rings. The molecule has 0 aromatic carbocycles. The van der Waals surface area contributed by atoms with Gasteiger partial charge in [-0.1, -0.05) is 0 Å². The van der Waals surface area contributed by atoms with Crippen molar-refractivity contribution in [2.45, 2.75) is 17.7 Å². The van der Waals surface area contributed by atoms with E-state index in [1.807, 2.05) is 16.7 Å². The number of aliphatic hydroxyl groups is 1. The second-order valence-electron chi connectivity index (χ2n) is 3.81. The highest BCUT2D eigenvalue weighted by Gasteiger charge is 2.42. The first-order chi connectivity index (χ1) is 6.76. The summed E-state index contributed by atoms with van der Waals surface area (Å²) in [5, 5.41) is 12.2. The van der Waals surface area contributed by atoms with E-state index in [2.05, 4.69) is 5.32 Å². The van der Waals surface area contributed by atoms with E-state index < -0.39 is 0 Å². The number of thioether (sulfide) groups is 1. The molecule has 2 aliphatic heterocycles. The lowest BCUT2D eigenvalue weighted by atomic mass is 10.2. The molecule has 5 heteroatoms. The van der Waals surface area contributed by atoms with Crippen molar-refractivity contribution < 1.29 is 9.90 Å². The first-order valence-electron chi connectivity index (χ1n) is 5.03. The number of aliphatic hydroxyl groups excluding tert-OH is 1. The van der Waals surface area contributed by atoms with Crippen LogP contribution in [0.15, 0.2) is 0 Å². The fourth-order valence-corrected chi connectivity index (χ4v) is 3.37. The van der Waals surface area contributed by atoms with Crippen LogP contribution in [0.1, 0.15) is 12.8 Å². The number of nitrogens with zero attached hydrogens (tertiary/aromatic N) is 1. The molecule has 0 radical (unpaired) electrons. The predicted octanol–water partition coefficient (Wildman–Crippen LogP) is -0.366. The summed E-state index contributed by atoms with van der Waals surface area (Å²) in [6.07, 6.45) is 1.30. The van der Waals surface area contributed by atoms with Gasteiger partial charge in [0.25, 0.3) is 0 Å². The van der Waals surface area contributed by atoms with Crippen LogP contribution in [0.2, 0.25) is 0 Å². The number of rotatable bonds is 2. The number of hydrogen-bond acceptors (Lipinski definition) is 4. The number of carbonyl (C=O) groups excluding carboxylic acids is 1. The summed E-state index contributed by atoms with van der Waals surface area (Å²) in [6, 6.07) is 0. The Morgan fingerprint density at radius 1 is 1.64 bits per heavy atom. The van der Waals surface area contributed by atoms with Crippen LogP contribution in [0.3, 0.4) is 0 Å². The Hall–Kier alpha value is -0.260. The number of carbonyl (C=O) groups is 1. The molecule has 4 nitrogen and oxygen atoms in total. The fourth-order valence-electron chi connectivity index (χ4n) is 2.09. The molecule has 0 saturated carbocycles. The minimum Gasteiger partial charge on any atom is -0.396 e. The SMILES string of the molecule is O=C(CCO)N1CCC2(C1)NCCS2. The summed E-state index contributed by atoms with van der Waals surface area (Å²) in [5.74, 6) is 1.22. The van der Waals surface area contributed by atoms with Crippen LogP contribution >= 0.6 is 11.8 Å². The number of likely N-dealkylation sites (tertiary alicyclic amines) is 1. The summed E-state index contributed by atoms with van der Waals surface area (Å²) in [6.45, 7) is 2.64. The Bertz CT molecular complexity index is 229. The van der Waals surface area contributed by atoms with Gasteiger partial charge < -0.3 is 15.3 Å². The van der Waals surface area contributed by atoms with Crippen molar-refractivity contribution in [3.05, 3.63) is 0 Å². The van der Waals surface area contributed by atoms with Crippen LogP contribution < -0.4 is 5.32 Å². The highest BCUT2D eigenvalue weighted by molar-refractivity contribution is 8.00. The molecule has 2 rings (SSSR count). The molecule has 1 spiro atoms. The lowest BCUT2D eigenvalue weighted by molar-refractivity contribution is -0.130. The number of hydrogen-bond donors (Lipinski definition) is 2. The molecular formula is C9H16N2O2S. The highest BCUT2D eigenvalue weighted by atomic mass is 32.2. The maximum absolute atomic E-state index is 11.5. The van der Waals surface area contributed by atoms with Gasteiger partial charge in [-0.15, -0.1) is 11.8 Å². The normalized spacial score (nSPS) is 31.6. The Balaban J connectivity index is 1.90. The third kappa shape index (κ3) is 1.89. The average molecular weight is 216 g/mol. The lowest BCUT2D eigenvalue weighted by Crippen LogP contribution is -2.41. The maximum Gasteiger partial charge on any atom is 0.224 e. The van der Waals surface area contributed by atoms with Crippen LogP contribution in [0, 0.1) is 0 Å². The van der Waals surface area contributed by atoms with Gasteiger partial charge in [0.15, 0.2) is 0 Å². The van der Waals surface area contributed by atoms with Crippen molar-refractivity contribution in [1.29, 1.82) is 0 Å². The fraction of sp³-hybridized carbons (Fsp3) is 0.889. The van der Waals surface area contributed by atoms with Crippen LogP contribution in [-0.4, -0.2) is 52.8 Å². The maximum atomic E-state index is 11.5. The summed E-state index contributed by atoms with van der Waals surface area (Å²) < 4.78 is 0. The Morgan fingerprint density at radius 2 is 2.50 bits per heavy atom. The zero-order chi connectivity index (χ0) is 10.0. The molecule has 2 heterocycles. The summed E-state index contributed by atoms with van der Waals surface area (Å²) in [4.78, 5) is 13.5. The summed E-state index contributed by atoms with van der Waals surface area (Å²) in [5.41, 5.74) is 0. The van der Waals surface area contributed by atoms with Gasteiger partial charge >= 0.3 is 0 Å². The van der Waals surface area contributed by atoms with Crippen LogP contribution in [-0.2, 0) is 4.79 Å². The standard InChI is InChI=1S/C9H16N2O2S/c12-5-1-8(13)11-4-2-9(7-11)10-3-6-14-9/h10,12H,1-7H2. The van der Waals surface area contributed by atoms with Gasteiger partial charge in [-0.05, 0) is 6.42 Å². The molecule has 1 amide bonds. The molecule has 0 aromatic rings. The Kier molecular flexibility index (Phi) is 2.99. The zero-order valence-electron chi connectivity index (χ0n) is 8.16. The average Bonchev–Trinajstić information content (AvgIpc) is 2.78. The summed E-state index contributed by atoms with van der Waals surface area (Å²) in [7, 11) is 0. The Morgan fingerprint density at radius 3 is 3.14 bits per heavy atom. The first-order valence-corrected chi connectivity index (χ1v) is 6.02. The van der Waals surface area contributed by atoms with Crippen molar-refractivity contribution >= 4 is 17.7 Å². The van der Waals surface area contributed by atoms with E-state index >= 15 is 0 Å². The zero-order valence-corrected chi connectivity index (χ0v) is 8.98. The van der Waals surface area contributed by atoms with Crippen molar-refractivity contribution in [2.75, 3.05) is 32.0 Å². The van der Waals surface area contributed by atoms with E-state index in [-0.39, 0.29) is 23.8 Å². The van der Waals surface area contributed by atoms with Gasteiger partial charge in [0.1, 0.15) is 0 Å². The van der Waals surface area contributed by atoms with Crippen molar-refractivity contribution in [2.24, 2.45) is 0 Å². The van der Waals surface area contributed by atoms with Gasteiger partial charge in [-0.3, -0.25) is 4.79 Å². The van der Waals surface area contributed by atoms with Gasteiger partial charge in [0.2, 0.25) is 5.91 Å². The molecule has 1 unspecified atom stereocenters. The van der Waals surface area contributed by atoms with E-state index in [0.29, 0.717) is 0 Å². The summed E-state index contributed by atoms with van der Waals surface area (Å²) >= 11 is 1.92. The third-order valence-corrected chi connectivity index (χ3v) is 4.28. The van der Waals surface area contributed by atoms with Gasteiger partial charge in [0.05, 0.1) is 11.5 Å². The molecule has 0 bridgehead atoms. The number of amides is 1.